The Bertz CT molecular complexity index is 235. The maximum atomic E-state index is 11.5. The van der Waals surface area contributed by atoms with Crippen LogP contribution in [0.3, 0.4) is 0 Å². The molecule has 0 aliphatic rings. The number of hydrogen-bond acceptors (Lipinski definition) is 4. The lowest BCUT2D eigenvalue weighted by atomic mass is 9.87. The molecule has 0 bridgehead atoms. The Morgan fingerprint density at radius 2 is 1.93 bits per heavy atom. The molecule has 0 radical (unpaired) electrons. The molecule has 0 amide bonds. The summed E-state index contributed by atoms with van der Waals surface area (Å²) in [6.07, 6.45) is 1.35. The van der Waals surface area contributed by atoms with Gasteiger partial charge in [0.1, 0.15) is 12.1 Å². The van der Waals surface area contributed by atoms with E-state index in [1.54, 1.807) is 6.92 Å². The van der Waals surface area contributed by atoms with Crippen LogP contribution in [0.25, 0.3) is 0 Å². The molecule has 0 rings (SSSR count). The summed E-state index contributed by atoms with van der Waals surface area (Å²) in [5, 5.41) is 0. The number of carbonyl (C=O) groups is 3. The van der Waals surface area contributed by atoms with Gasteiger partial charge in [0.05, 0.1) is 12.5 Å². The summed E-state index contributed by atoms with van der Waals surface area (Å²) in [5.74, 6) is -1.60. The van der Waals surface area contributed by atoms with Crippen LogP contribution in [-0.2, 0) is 19.1 Å². The predicted octanol–water partition coefficient (Wildman–Crippen LogP) is 1.37. The van der Waals surface area contributed by atoms with E-state index in [2.05, 4.69) is 0 Å². The molecule has 86 valence electrons. The van der Waals surface area contributed by atoms with Gasteiger partial charge in [0.2, 0.25) is 0 Å². The first-order valence-corrected chi connectivity index (χ1v) is 5.18. The molecule has 0 heterocycles. The molecule has 0 saturated heterocycles. The second kappa shape index (κ2) is 7.15. The van der Waals surface area contributed by atoms with Crippen LogP contribution in [-0.4, -0.2) is 24.6 Å². The normalized spacial score (nSPS) is 14.1. The molecule has 0 spiro atoms. The second-order valence-corrected chi connectivity index (χ2v) is 3.47. The fraction of sp³-hybridized carbons (Fsp3) is 0.727. The van der Waals surface area contributed by atoms with Crippen molar-refractivity contribution in [1.29, 1.82) is 0 Å². The lowest BCUT2D eigenvalue weighted by molar-refractivity contribution is -0.152. The lowest BCUT2D eigenvalue weighted by Crippen LogP contribution is -2.28. The Balaban J connectivity index is 4.61. The first kappa shape index (κ1) is 13.8. The average Bonchev–Trinajstić information content (AvgIpc) is 2.18. The number of rotatable bonds is 7. The number of hydrogen-bond donors (Lipinski definition) is 0. The number of ketones is 1. The van der Waals surface area contributed by atoms with E-state index in [1.165, 1.54) is 6.92 Å². The van der Waals surface area contributed by atoms with E-state index in [0.717, 1.165) is 6.29 Å². The topological polar surface area (TPSA) is 60.4 Å². The third kappa shape index (κ3) is 4.72. The molecule has 0 unspecified atom stereocenters. The second-order valence-electron chi connectivity index (χ2n) is 3.47. The maximum absolute atomic E-state index is 11.5. The minimum absolute atomic E-state index is 0.0794. The Labute approximate surface area is 90.0 Å². The molecule has 0 N–H and O–H groups in total. The van der Waals surface area contributed by atoms with Gasteiger partial charge in [0.15, 0.2) is 0 Å². The summed E-state index contributed by atoms with van der Waals surface area (Å²) in [6.45, 7) is 5.18. The van der Waals surface area contributed by atoms with Gasteiger partial charge in [-0.3, -0.25) is 4.79 Å². The van der Waals surface area contributed by atoms with Gasteiger partial charge in [0, 0.05) is 12.3 Å². The van der Waals surface area contributed by atoms with Crippen LogP contribution in [0.4, 0.5) is 0 Å². The Kier molecular flexibility index (Phi) is 6.58. The quantitative estimate of drug-likeness (QED) is 0.474. The van der Waals surface area contributed by atoms with Crippen molar-refractivity contribution in [3.8, 4) is 0 Å². The Morgan fingerprint density at radius 3 is 2.27 bits per heavy atom. The van der Waals surface area contributed by atoms with Crippen molar-refractivity contribution in [3.63, 3.8) is 0 Å². The molecule has 0 fully saturated rings. The van der Waals surface area contributed by atoms with Gasteiger partial charge in [0.25, 0.3) is 0 Å². The highest BCUT2D eigenvalue weighted by atomic mass is 16.5. The van der Waals surface area contributed by atoms with E-state index < -0.39 is 17.8 Å². The van der Waals surface area contributed by atoms with Gasteiger partial charge in [-0.25, -0.2) is 0 Å². The molecule has 0 aromatic carbocycles. The molecular weight excluding hydrogens is 196 g/mol. The van der Waals surface area contributed by atoms with Gasteiger partial charge in [-0.2, -0.15) is 0 Å². The molecule has 2 atom stereocenters. The largest absolute Gasteiger partial charge is 0.466 e. The minimum Gasteiger partial charge on any atom is -0.466 e. The third-order valence-electron chi connectivity index (χ3n) is 2.26. The molecule has 0 aromatic heterocycles. The zero-order valence-electron chi connectivity index (χ0n) is 9.49. The standard InChI is InChI=1S/C11H18O4/c1-4-9(7-12)10(6-8(3)13)11(14)15-5-2/h7,9-10H,4-6H2,1-3H3/t9-,10-/m0/s1. The molecule has 0 saturated carbocycles. The van der Waals surface area contributed by atoms with Gasteiger partial charge >= 0.3 is 5.97 Å². The van der Waals surface area contributed by atoms with E-state index in [-0.39, 0.29) is 18.8 Å². The Morgan fingerprint density at radius 1 is 1.33 bits per heavy atom. The maximum Gasteiger partial charge on any atom is 0.310 e. The minimum atomic E-state index is -0.620. The summed E-state index contributed by atoms with van der Waals surface area (Å²) in [7, 11) is 0. The van der Waals surface area contributed by atoms with Gasteiger partial charge < -0.3 is 14.3 Å². The zero-order valence-corrected chi connectivity index (χ0v) is 9.49. The zero-order chi connectivity index (χ0) is 11.8. The van der Waals surface area contributed by atoms with Crippen molar-refractivity contribution in [2.24, 2.45) is 11.8 Å². The number of esters is 1. The number of aldehydes is 1. The Hall–Kier alpha value is -1.19. The monoisotopic (exact) mass is 214 g/mol. The smallest absolute Gasteiger partial charge is 0.310 e. The van der Waals surface area contributed by atoms with Crippen LogP contribution in [0.5, 0.6) is 0 Å². The summed E-state index contributed by atoms with van der Waals surface area (Å²) >= 11 is 0. The van der Waals surface area contributed by atoms with E-state index in [1.807, 2.05) is 6.92 Å². The van der Waals surface area contributed by atoms with E-state index in [4.69, 9.17) is 4.74 Å². The fourth-order valence-electron chi connectivity index (χ4n) is 1.44. The number of Topliss-reactive ketones (excluding diaryl/α,β-unsaturated/α-hetero) is 1. The number of ether oxygens (including phenoxy) is 1. The molecular formula is C11H18O4. The highest BCUT2D eigenvalue weighted by molar-refractivity contribution is 5.84. The van der Waals surface area contributed by atoms with Crippen LogP contribution >= 0.6 is 0 Å². The van der Waals surface area contributed by atoms with Crippen molar-refractivity contribution in [3.05, 3.63) is 0 Å². The van der Waals surface area contributed by atoms with Crippen molar-refractivity contribution in [2.75, 3.05) is 6.61 Å². The van der Waals surface area contributed by atoms with Crippen LogP contribution < -0.4 is 0 Å². The summed E-state index contributed by atoms with van der Waals surface area (Å²) < 4.78 is 4.84. The highest BCUT2D eigenvalue weighted by Crippen LogP contribution is 2.19. The fourth-order valence-corrected chi connectivity index (χ4v) is 1.44. The molecule has 4 heteroatoms. The van der Waals surface area contributed by atoms with E-state index >= 15 is 0 Å². The first-order chi connectivity index (χ1) is 7.06. The molecule has 0 aliphatic carbocycles. The average molecular weight is 214 g/mol. The van der Waals surface area contributed by atoms with Crippen LogP contribution in [0.2, 0.25) is 0 Å². The molecule has 0 aliphatic heterocycles. The van der Waals surface area contributed by atoms with Crippen LogP contribution in [0.1, 0.15) is 33.6 Å². The summed E-state index contributed by atoms with van der Waals surface area (Å²) in [6, 6.07) is 0. The van der Waals surface area contributed by atoms with Crippen molar-refractivity contribution in [2.45, 2.75) is 33.6 Å². The number of carbonyl (C=O) groups excluding carboxylic acids is 3. The van der Waals surface area contributed by atoms with Gasteiger partial charge in [-0.1, -0.05) is 6.92 Å². The van der Waals surface area contributed by atoms with Crippen molar-refractivity contribution in [1.82, 2.24) is 0 Å². The predicted molar refractivity (Wildman–Crippen MR) is 55.3 cm³/mol. The van der Waals surface area contributed by atoms with Crippen LogP contribution in [0.15, 0.2) is 0 Å². The molecule has 4 nitrogen and oxygen atoms in total. The van der Waals surface area contributed by atoms with E-state index in [0.29, 0.717) is 6.42 Å². The summed E-state index contributed by atoms with van der Waals surface area (Å²) in [4.78, 5) is 33.2. The van der Waals surface area contributed by atoms with Gasteiger partial charge in [-0.05, 0) is 20.3 Å². The molecule has 0 aromatic rings. The molecule has 15 heavy (non-hydrogen) atoms. The highest BCUT2D eigenvalue weighted by Gasteiger charge is 2.29. The van der Waals surface area contributed by atoms with Crippen LogP contribution in [0, 0.1) is 11.8 Å². The van der Waals surface area contributed by atoms with Crippen molar-refractivity contribution >= 4 is 18.0 Å². The summed E-state index contributed by atoms with van der Waals surface area (Å²) in [5.41, 5.74) is 0. The SMILES string of the molecule is CCOC(=O)[C@@H](CC(C)=O)[C@H](C=O)CC. The lowest BCUT2D eigenvalue weighted by Gasteiger charge is -2.18. The first-order valence-electron chi connectivity index (χ1n) is 5.18. The van der Waals surface area contributed by atoms with Gasteiger partial charge in [-0.15, -0.1) is 0 Å². The van der Waals surface area contributed by atoms with Crippen molar-refractivity contribution < 1.29 is 19.1 Å². The van der Waals surface area contributed by atoms with E-state index in [9.17, 15) is 14.4 Å². The third-order valence-corrected chi connectivity index (χ3v) is 2.26.